The lowest BCUT2D eigenvalue weighted by Crippen LogP contribution is -2.26. The molecule has 0 aliphatic heterocycles. The van der Waals surface area contributed by atoms with Gasteiger partial charge in [-0.2, -0.15) is 0 Å². The summed E-state index contributed by atoms with van der Waals surface area (Å²) in [5, 5.41) is 1.07. The van der Waals surface area contributed by atoms with Crippen molar-refractivity contribution >= 4 is 5.91 Å². The van der Waals surface area contributed by atoms with Crippen molar-refractivity contribution in [1.29, 1.82) is 0 Å². The third kappa shape index (κ3) is 2.15. The van der Waals surface area contributed by atoms with Crippen molar-refractivity contribution in [3.63, 3.8) is 0 Å². The number of hydrogen-bond acceptors (Lipinski definition) is 2. The third-order valence-corrected chi connectivity index (χ3v) is 2.37. The van der Waals surface area contributed by atoms with E-state index in [4.69, 9.17) is 4.84 Å². The van der Waals surface area contributed by atoms with Gasteiger partial charge in [-0.25, -0.2) is 9.45 Å². The van der Waals surface area contributed by atoms with Crippen molar-refractivity contribution < 1.29 is 14.0 Å². The molecule has 0 aliphatic carbocycles. The molecule has 3 nitrogen and oxygen atoms in total. The van der Waals surface area contributed by atoms with E-state index in [-0.39, 0.29) is 11.7 Å². The van der Waals surface area contributed by atoms with Crippen molar-refractivity contribution in [1.82, 2.24) is 5.06 Å². The molecular formula is C11H14FNO2. The van der Waals surface area contributed by atoms with Crippen LogP contribution in [0.25, 0.3) is 0 Å². The third-order valence-electron chi connectivity index (χ3n) is 2.37. The van der Waals surface area contributed by atoms with Gasteiger partial charge in [-0.1, -0.05) is 6.07 Å². The van der Waals surface area contributed by atoms with Crippen LogP contribution in [-0.4, -0.2) is 25.1 Å². The average molecular weight is 211 g/mol. The molecule has 4 heteroatoms. The van der Waals surface area contributed by atoms with Gasteiger partial charge in [0, 0.05) is 12.6 Å². The van der Waals surface area contributed by atoms with Gasteiger partial charge in [-0.15, -0.1) is 0 Å². The molecule has 0 saturated heterocycles. The Kier molecular flexibility index (Phi) is 3.42. The first-order valence-electron chi connectivity index (χ1n) is 4.57. The Morgan fingerprint density at radius 2 is 2.00 bits per heavy atom. The first-order valence-corrected chi connectivity index (χ1v) is 4.57. The first kappa shape index (κ1) is 11.7. The number of benzene rings is 1. The summed E-state index contributed by atoms with van der Waals surface area (Å²) in [6.45, 7) is 3.25. The fourth-order valence-corrected chi connectivity index (χ4v) is 1.30. The number of rotatable bonds is 2. The fraction of sp³-hybridized carbons (Fsp3) is 0.364. The molecule has 0 bridgehead atoms. The standard InChI is InChI=1S/C11H14FNO2/c1-7-5-6-9(8(2)10(7)12)11(14)13(3)15-4/h5-6H,1-4H3. The molecule has 82 valence electrons. The predicted molar refractivity (Wildman–Crippen MR) is 55.0 cm³/mol. The second-order valence-corrected chi connectivity index (χ2v) is 3.35. The Morgan fingerprint density at radius 3 is 2.53 bits per heavy atom. The van der Waals surface area contributed by atoms with E-state index in [1.807, 2.05) is 0 Å². The molecule has 1 aromatic carbocycles. The van der Waals surface area contributed by atoms with E-state index in [0.717, 1.165) is 5.06 Å². The maximum absolute atomic E-state index is 13.5. The highest BCUT2D eigenvalue weighted by molar-refractivity contribution is 5.94. The van der Waals surface area contributed by atoms with Gasteiger partial charge in [0.25, 0.3) is 5.91 Å². The molecule has 0 saturated carbocycles. The highest BCUT2D eigenvalue weighted by Crippen LogP contribution is 2.17. The van der Waals surface area contributed by atoms with Crippen molar-refractivity contribution in [3.05, 3.63) is 34.6 Å². The molecule has 0 atom stereocenters. The Balaban J connectivity index is 3.16. The highest BCUT2D eigenvalue weighted by atomic mass is 19.1. The number of hydroxylamine groups is 2. The lowest BCUT2D eigenvalue weighted by atomic mass is 10.0. The van der Waals surface area contributed by atoms with Crippen LogP contribution in [0.3, 0.4) is 0 Å². The van der Waals surface area contributed by atoms with E-state index in [9.17, 15) is 9.18 Å². The minimum absolute atomic E-state index is 0.322. The van der Waals surface area contributed by atoms with E-state index in [1.165, 1.54) is 14.2 Å². The summed E-state index contributed by atoms with van der Waals surface area (Å²) in [4.78, 5) is 16.4. The zero-order valence-corrected chi connectivity index (χ0v) is 9.30. The lowest BCUT2D eigenvalue weighted by Gasteiger charge is -2.15. The quantitative estimate of drug-likeness (QED) is 0.701. The minimum atomic E-state index is -0.353. The van der Waals surface area contributed by atoms with Gasteiger partial charge in [0.15, 0.2) is 0 Å². The largest absolute Gasteiger partial charge is 0.277 e. The summed E-state index contributed by atoms with van der Waals surface area (Å²) in [6.07, 6.45) is 0. The van der Waals surface area contributed by atoms with Crippen molar-refractivity contribution in [2.24, 2.45) is 0 Å². The number of hydrogen-bond donors (Lipinski definition) is 0. The Hall–Kier alpha value is -1.42. The molecule has 0 spiro atoms. The van der Waals surface area contributed by atoms with Crippen LogP contribution >= 0.6 is 0 Å². The number of aryl methyl sites for hydroxylation is 1. The van der Waals surface area contributed by atoms with Gasteiger partial charge in [0.1, 0.15) is 5.82 Å². The van der Waals surface area contributed by atoms with Crippen LogP contribution in [0.15, 0.2) is 12.1 Å². The maximum atomic E-state index is 13.5. The molecule has 1 aromatic rings. The smallest absolute Gasteiger partial charge is 0.274 e. The van der Waals surface area contributed by atoms with Gasteiger partial charge in [-0.05, 0) is 31.0 Å². The second kappa shape index (κ2) is 4.40. The maximum Gasteiger partial charge on any atom is 0.277 e. The van der Waals surface area contributed by atoms with Crippen molar-refractivity contribution in [2.75, 3.05) is 14.2 Å². The monoisotopic (exact) mass is 211 g/mol. The van der Waals surface area contributed by atoms with E-state index in [2.05, 4.69) is 0 Å². The zero-order chi connectivity index (χ0) is 11.6. The van der Waals surface area contributed by atoms with Crippen LogP contribution in [0.2, 0.25) is 0 Å². The second-order valence-electron chi connectivity index (χ2n) is 3.35. The number of amides is 1. The normalized spacial score (nSPS) is 10.2. The summed E-state index contributed by atoms with van der Waals surface area (Å²) in [6, 6.07) is 3.19. The molecule has 0 aliphatic rings. The van der Waals surface area contributed by atoms with Crippen molar-refractivity contribution in [2.45, 2.75) is 13.8 Å². The average Bonchev–Trinajstić information content (AvgIpc) is 2.24. The summed E-state index contributed by atoms with van der Waals surface area (Å²) >= 11 is 0. The molecule has 1 amide bonds. The van der Waals surface area contributed by atoms with Gasteiger partial charge >= 0.3 is 0 Å². The summed E-state index contributed by atoms with van der Waals surface area (Å²) < 4.78 is 13.5. The SMILES string of the molecule is CON(C)C(=O)c1ccc(C)c(F)c1C. The van der Waals surface area contributed by atoms with Crippen LogP contribution in [0, 0.1) is 19.7 Å². The van der Waals surface area contributed by atoms with E-state index >= 15 is 0 Å². The molecule has 0 heterocycles. The molecule has 1 rings (SSSR count). The van der Waals surface area contributed by atoms with Crippen LogP contribution in [0.1, 0.15) is 21.5 Å². The number of halogens is 1. The van der Waals surface area contributed by atoms with Crippen LogP contribution in [-0.2, 0) is 4.84 Å². The molecule has 0 radical (unpaired) electrons. The Morgan fingerprint density at radius 1 is 1.40 bits per heavy atom. The molecule has 0 N–H and O–H groups in total. The van der Waals surface area contributed by atoms with E-state index in [0.29, 0.717) is 16.7 Å². The minimum Gasteiger partial charge on any atom is -0.274 e. The number of carbonyl (C=O) groups excluding carboxylic acids is 1. The molecule has 0 unspecified atom stereocenters. The molecule has 0 aromatic heterocycles. The predicted octanol–water partition coefficient (Wildman–Crippen LogP) is 2.08. The van der Waals surface area contributed by atoms with Gasteiger partial charge in [0.05, 0.1) is 7.11 Å². The topological polar surface area (TPSA) is 29.5 Å². The highest BCUT2D eigenvalue weighted by Gasteiger charge is 2.16. The van der Waals surface area contributed by atoms with Crippen LogP contribution in [0.4, 0.5) is 4.39 Å². The van der Waals surface area contributed by atoms with Gasteiger partial charge in [-0.3, -0.25) is 9.63 Å². The molecular weight excluding hydrogens is 197 g/mol. The molecule has 0 fully saturated rings. The van der Waals surface area contributed by atoms with Crippen molar-refractivity contribution in [3.8, 4) is 0 Å². The molecule has 15 heavy (non-hydrogen) atoms. The Bertz CT molecular complexity index is 390. The fourth-order valence-electron chi connectivity index (χ4n) is 1.30. The lowest BCUT2D eigenvalue weighted by molar-refractivity contribution is -0.0757. The van der Waals surface area contributed by atoms with Gasteiger partial charge < -0.3 is 0 Å². The summed E-state index contributed by atoms with van der Waals surface area (Å²) in [5.41, 5.74) is 1.20. The summed E-state index contributed by atoms with van der Waals surface area (Å²) in [7, 11) is 2.87. The van der Waals surface area contributed by atoms with Gasteiger partial charge in [0.2, 0.25) is 0 Å². The van der Waals surface area contributed by atoms with E-state index < -0.39 is 0 Å². The summed E-state index contributed by atoms with van der Waals surface area (Å²) in [5.74, 6) is -0.695. The van der Waals surface area contributed by atoms with Crippen LogP contribution in [0.5, 0.6) is 0 Å². The Labute approximate surface area is 88.4 Å². The van der Waals surface area contributed by atoms with E-state index in [1.54, 1.807) is 26.0 Å². The zero-order valence-electron chi connectivity index (χ0n) is 9.30. The van der Waals surface area contributed by atoms with Crippen LogP contribution < -0.4 is 0 Å². The number of nitrogens with zero attached hydrogens (tertiary/aromatic N) is 1. The number of carbonyl (C=O) groups is 1. The first-order chi connectivity index (χ1) is 6.99.